The van der Waals surface area contributed by atoms with Gasteiger partial charge in [0.2, 0.25) is 0 Å². The molecule has 1 aliphatic rings. The maximum atomic E-state index is 14.4. The van der Waals surface area contributed by atoms with Crippen LogP contribution in [0, 0.1) is 12.7 Å². The summed E-state index contributed by atoms with van der Waals surface area (Å²) in [6.45, 7) is 3.72. The summed E-state index contributed by atoms with van der Waals surface area (Å²) >= 11 is 0. The molecule has 1 fully saturated rings. The lowest BCUT2D eigenvalue weighted by Gasteiger charge is -2.29. The molecule has 0 bridgehead atoms. The summed E-state index contributed by atoms with van der Waals surface area (Å²) in [7, 11) is 0. The predicted octanol–water partition coefficient (Wildman–Crippen LogP) is 4.38. The molecule has 3 nitrogen and oxygen atoms in total. The van der Waals surface area contributed by atoms with E-state index in [0.29, 0.717) is 16.9 Å². The molecule has 0 aromatic heterocycles. The van der Waals surface area contributed by atoms with Gasteiger partial charge in [-0.3, -0.25) is 4.79 Å². The van der Waals surface area contributed by atoms with Gasteiger partial charge in [-0.2, -0.15) is 0 Å². The summed E-state index contributed by atoms with van der Waals surface area (Å²) < 4.78 is 14.4. The molecule has 1 amide bonds. The number of aryl methyl sites for hydroxylation is 1. The number of rotatable bonds is 3. The first-order chi connectivity index (χ1) is 11.1. The molecular formula is C19H21FN2O. The van der Waals surface area contributed by atoms with Crippen LogP contribution in [-0.2, 0) is 0 Å². The smallest absolute Gasteiger partial charge is 0.255 e. The predicted molar refractivity (Wildman–Crippen MR) is 91.6 cm³/mol. The Morgan fingerprint density at radius 3 is 2.57 bits per heavy atom. The molecule has 23 heavy (non-hydrogen) atoms. The highest BCUT2D eigenvalue weighted by atomic mass is 19.1. The molecule has 120 valence electrons. The zero-order valence-electron chi connectivity index (χ0n) is 13.3. The van der Waals surface area contributed by atoms with Gasteiger partial charge in [0.05, 0.1) is 5.69 Å². The zero-order chi connectivity index (χ0) is 16.2. The number of halogens is 1. The number of nitrogens with zero attached hydrogens (tertiary/aromatic N) is 1. The highest BCUT2D eigenvalue weighted by Gasteiger charge is 2.15. The maximum Gasteiger partial charge on any atom is 0.255 e. The van der Waals surface area contributed by atoms with Crippen molar-refractivity contribution in [2.75, 3.05) is 23.3 Å². The summed E-state index contributed by atoms with van der Waals surface area (Å²) in [6, 6.07) is 12.3. The molecule has 2 aromatic rings. The maximum absolute atomic E-state index is 14.4. The van der Waals surface area contributed by atoms with Gasteiger partial charge in [0.15, 0.2) is 0 Å². The monoisotopic (exact) mass is 312 g/mol. The number of hydrogen-bond acceptors (Lipinski definition) is 2. The highest BCUT2D eigenvalue weighted by molar-refractivity contribution is 6.04. The molecule has 1 heterocycles. The molecule has 0 spiro atoms. The van der Waals surface area contributed by atoms with Crippen LogP contribution < -0.4 is 10.2 Å². The lowest BCUT2D eigenvalue weighted by Crippen LogP contribution is -2.30. The van der Waals surface area contributed by atoms with Crippen LogP contribution in [0.4, 0.5) is 15.8 Å². The quantitative estimate of drug-likeness (QED) is 0.912. The minimum absolute atomic E-state index is 0.223. The normalized spacial score (nSPS) is 14.6. The number of nitrogens with one attached hydrogen (secondary N) is 1. The van der Waals surface area contributed by atoms with Gasteiger partial charge in [-0.05, 0) is 56.5 Å². The molecule has 0 radical (unpaired) electrons. The molecular weight excluding hydrogens is 291 g/mol. The van der Waals surface area contributed by atoms with E-state index in [1.807, 2.05) is 25.1 Å². The van der Waals surface area contributed by atoms with E-state index in [1.54, 1.807) is 18.2 Å². The Bertz CT molecular complexity index is 708. The third-order valence-electron chi connectivity index (χ3n) is 4.18. The van der Waals surface area contributed by atoms with Crippen molar-refractivity contribution >= 4 is 17.3 Å². The van der Waals surface area contributed by atoms with Crippen LogP contribution in [0.2, 0.25) is 0 Å². The average Bonchev–Trinajstić information content (AvgIpc) is 2.56. The average molecular weight is 312 g/mol. The molecule has 0 unspecified atom stereocenters. The standard InChI is InChI=1S/C19H21FN2O/c1-14-6-5-7-15(12-14)19(23)21-16-8-9-18(17(20)13-16)22-10-3-2-4-11-22/h5-9,12-13H,2-4,10-11H2,1H3,(H,21,23). The van der Waals surface area contributed by atoms with Gasteiger partial charge in [-0.25, -0.2) is 4.39 Å². The van der Waals surface area contributed by atoms with Crippen molar-refractivity contribution in [1.82, 2.24) is 0 Å². The largest absolute Gasteiger partial charge is 0.369 e. The van der Waals surface area contributed by atoms with E-state index in [4.69, 9.17) is 0 Å². The van der Waals surface area contributed by atoms with Crippen molar-refractivity contribution in [2.45, 2.75) is 26.2 Å². The first-order valence-electron chi connectivity index (χ1n) is 8.06. The first kappa shape index (κ1) is 15.5. The Kier molecular flexibility index (Phi) is 4.60. The van der Waals surface area contributed by atoms with E-state index in [1.165, 1.54) is 12.5 Å². The van der Waals surface area contributed by atoms with Crippen LogP contribution in [0.25, 0.3) is 0 Å². The molecule has 2 aromatic carbocycles. The number of carbonyl (C=O) groups excluding carboxylic acids is 1. The Morgan fingerprint density at radius 2 is 1.87 bits per heavy atom. The SMILES string of the molecule is Cc1cccc(C(=O)Nc2ccc(N3CCCCC3)c(F)c2)c1. The fourth-order valence-corrected chi connectivity index (χ4v) is 2.97. The van der Waals surface area contributed by atoms with E-state index >= 15 is 0 Å². The molecule has 4 heteroatoms. The minimum atomic E-state index is -0.283. The summed E-state index contributed by atoms with van der Waals surface area (Å²) in [5.41, 5.74) is 2.70. The fraction of sp³-hybridized carbons (Fsp3) is 0.316. The molecule has 0 aliphatic carbocycles. The first-order valence-corrected chi connectivity index (χ1v) is 8.06. The number of amides is 1. The van der Waals surface area contributed by atoms with Crippen molar-refractivity contribution in [3.05, 3.63) is 59.4 Å². The van der Waals surface area contributed by atoms with Crippen LogP contribution in [0.3, 0.4) is 0 Å². The van der Waals surface area contributed by atoms with Crippen molar-refractivity contribution in [2.24, 2.45) is 0 Å². The molecule has 1 aliphatic heterocycles. The number of anilines is 2. The second kappa shape index (κ2) is 6.82. The van der Waals surface area contributed by atoms with E-state index in [9.17, 15) is 9.18 Å². The lowest BCUT2D eigenvalue weighted by atomic mass is 10.1. The van der Waals surface area contributed by atoms with Gasteiger partial charge in [-0.1, -0.05) is 17.7 Å². The van der Waals surface area contributed by atoms with E-state index in [2.05, 4.69) is 10.2 Å². The Labute approximate surface area is 136 Å². The van der Waals surface area contributed by atoms with Gasteiger partial charge in [0.25, 0.3) is 5.91 Å². The molecule has 1 saturated heterocycles. The molecule has 3 rings (SSSR count). The number of benzene rings is 2. The van der Waals surface area contributed by atoms with Crippen LogP contribution in [0.1, 0.15) is 35.2 Å². The third kappa shape index (κ3) is 3.70. The van der Waals surface area contributed by atoms with Crippen molar-refractivity contribution < 1.29 is 9.18 Å². The van der Waals surface area contributed by atoms with Crippen molar-refractivity contribution in [3.63, 3.8) is 0 Å². The number of piperidine rings is 1. The second-order valence-corrected chi connectivity index (χ2v) is 6.04. The Morgan fingerprint density at radius 1 is 1.09 bits per heavy atom. The van der Waals surface area contributed by atoms with Gasteiger partial charge in [0.1, 0.15) is 5.82 Å². The summed E-state index contributed by atoms with van der Waals surface area (Å²) in [6.07, 6.45) is 3.42. The zero-order valence-corrected chi connectivity index (χ0v) is 13.3. The Balaban J connectivity index is 1.73. The van der Waals surface area contributed by atoms with Crippen molar-refractivity contribution in [3.8, 4) is 0 Å². The second-order valence-electron chi connectivity index (χ2n) is 6.04. The van der Waals surface area contributed by atoms with Gasteiger partial charge in [0, 0.05) is 24.3 Å². The fourth-order valence-electron chi connectivity index (χ4n) is 2.97. The topological polar surface area (TPSA) is 32.3 Å². The molecule has 0 saturated carbocycles. The summed E-state index contributed by atoms with van der Waals surface area (Å²) in [4.78, 5) is 14.3. The van der Waals surface area contributed by atoms with E-state index < -0.39 is 0 Å². The van der Waals surface area contributed by atoms with Crippen LogP contribution in [0.15, 0.2) is 42.5 Å². The van der Waals surface area contributed by atoms with Crippen LogP contribution >= 0.6 is 0 Å². The summed E-state index contributed by atoms with van der Waals surface area (Å²) in [5, 5.41) is 2.76. The highest BCUT2D eigenvalue weighted by Crippen LogP contribution is 2.26. The molecule has 1 N–H and O–H groups in total. The minimum Gasteiger partial charge on any atom is -0.369 e. The van der Waals surface area contributed by atoms with Crippen LogP contribution in [-0.4, -0.2) is 19.0 Å². The van der Waals surface area contributed by atoms with Gasteiger partial charge >= 0.3 is 0 Å². The van der Waals surface area contributed by atoms with Crippen LogP contribution in [0.5, 0.6) is 0 Å². The summed E-state index contributed by atoms with van der Waals surface area (Å²) in [5.74, 6) is -0.507. The number of hydrogen-bond donors (Lipinski definition) is 1. The third-order valence-corrected chi connectivity index (χ3v) is 4.18. The number of carbonyl (C=O) groups is 1. The Hall–Kier alpha value is -2.36. The molecule has 0 atom stereocenters. The van der Waals surface area contributed by atoms with Crippen molar-refractivity contribution in [1.29, 1.82) is 0 Å². The lowest BCUT2D eigenvalue weighted by molar-refractivity contribution is 0.102. The van der Waals surface area contributed by atoms with Gasteiger partial charge < -0.3 is 10.2 Å². The van der Waals surface area contributed by atoms with Gasteiger partial charge in [-0.15, -0.1) is 0 Å². The van der Waals surface area contributed by atoms with E-state index in [0.717, 1.165) is 31.5 Å². The van der Waals surface area contributed by atoms with E-state index in [-0.39, 0.29) is 11.7 Å².